The lowest BCUT2D eigenvalue weighted by molar-refractivity contribution is -0.132. The molecule has 0 saturated carbocycles. The molecule has 4 aromatic rings. The van der Waals surface area contributed by atoms with Gasteiger partial charge in [0.15, 0.2) is 0 Å². The molecular weight excluding hydrogens is 456 g/mol. The average molecular weight is 480 g/mol. The number of hydrogen-bond acceptors (Lipinski definition) is 3. The molecule has 8 heteroatoms. The van der Waals surface area contributed by atoms with Crippen molar-refractivity contribution < 1.29 is 18.4 Å². The Morgan fingerprint density at radius 1 is 1.03 bits per heavy atom. The van der Waals surface area contributed by atoms with E-state index in [0.29, 0.717) is 18.5 Å². The molecule has 3 aromatic carbocycles. The number of carbonyl (C=O) groups is 2. The molecule has 1 unspecified atom stereocenters. The number of aromatic amines is 1. The highest BCUT2D eigenvalue weighted by molar-refractivity contribution is 7.80. The monoisotopic (exact) mass is 479 g/mol. The topological polar surface area (TPSA) is 65.2 Å². The second-order valence-corrected chi connectivity index (χ2v) is 8.43. The zero-order chi connectivity index (χ0) is 24.1. The number of nitrogens with zero attached hydrogens (tertiary/aromatic N) is 1. The van der Waals surface area contributed by atoms with Gasteiger partial charge < -0.3 is 15.2 Å². The molecule has 5 rings (SSSR count). The number of rotatable bonds is 4. The first-order valence-electron chi connectivity index (χ1n) is 10.8. The van der Waals surface area contributed by atoms with Crippen LogP contribution in [-0.2, 0) is 16.1 Å². The van der Waals surface area contributed by atoms with E-state index in [1.165, 1.54) is 0 Å². The van der Waals surface area contributed by atoms with Gasteiger partial charge in [-0.05, 0) is 60.5 Å². The lowest BCUT2D eigenvalue weighted by atomic mass is 10.1. The number of anilines is 1. The minimum absolute atomic E-state index is 0.0351. The average Bonchev–Trinajstić information content (AvgIpc) is 3.43. The van der Waals surface area contributed by atoms with Gasteiger partial charge in [0.1, 0.15) is 17.6 Å². The molecule has 5 nitrogen and oxygen atoms in total. The van der Waals surface area contributed by atoms with E-state index in [1.54, 1.807) is 4.90 Å². The van der Waals surface area contributed by atoms with Gasteiger partial charge in [-0.3, -0.25) is 9.59 Å². The van der Waals surface area contributed by atoms with Crippen molar-refractivity contribution in [2.75, 3.05) is 11.4 Å². The molecule has 34 heavy (non-hydrogen) atoms. The summed E-state index contributed by atoms with van der Waals surface area (Å²) in [6.07, 6.45) is 2.22. The highest BCUT2D eigenvalue weighted by Crippen LogP contribution is 2.28. The third-order valence-corrected chi connectivity index (χ3v) is 5.81. The third-order valence-electron chi connectivity index (χ3n) is 5.52. The van der Waals surface area contributed by atoms with Crippen LogP contribution in [0.1, 0.15) is 12.0 Å². The van der Waals surface area contributed by atoms with Crippen molar-refractivity contribution in [3.63, 3.8) is 0 Å². The molecule has 0 spiro atoms. The molecule has 1 aliphatic heterocycles. The van der Waals surface area contributed by atoms with Gasteiger partial charge in [-0.2, -0.15) is 0 Å². The number of hydrogen-bond donors (Lipinski definition) is 3. The van der Waals surface area contributed by atoms with E-state index in [1.807, 2.05) is 60.8 Å². The molecule has 1 saturated heterocycles. The third kappa shape index (κ3) is 5.63. The molecule has 0 bridgehead atoms. The van der Waals surface area contributed by atoms with Gasteiger partial charge in [-0.25, -0.2) is 8.78 Å². The van der Waals surface area contributed by atoms with Crippen LogP contribution >= 0.6 is 12.6 Å². The van der Waals surface area contributed by atoms with Gasteiger partial charge in [0.05, 0.1) is 0 Å². The van der Waals surface area contributed by atoms with Crippen LogP contribution in [0.25, 0.3) is 10.9 Å². The van der Waals surface area contributed by atoms with Crippen LogP contribution in [0.5, 0.6) is 0 Å². The second kappa shape index (κ2) is 10.5. The summed E-state index contributed by atoms with van der Waals surface area (Å²) >= 11 is 4.08. The number of benzene rings is 3. The zero-order valence-corrected chi connectivity index (χ0v) is 19.1. The SMILES string of the molecule is O=C(NCc1cc(F)cc(F)c1)C1CCN(c2ccc3[nH]ccc3c2)C1=O.Sc1ccccc1. The Hall–Kier alpha value is -3.65. The maximum Gasteiger partial charge on any atom is 0.239 e. The number of amides is 2. The van der Waals surface area contributed by atoms with E-state index in [2.05, 4.69) is 22.9 Å². The van der Waals surface area contributed by atoms with Gasteiger partial charge in [0.25, 0.3) is 0 Å². The molecule has 174 valence electrons. The minimum atomic E-state index is -0.801. The van der Waals surface area contributed by atoms with Crippen LogP contribution in [0.2, 0.25) is 0 Å². The Morgan fingerprint density at radius 2 is 1.76 bits per heavy atom. The molecule has 2 heterocycles. The van der Waals surface area contributed by atoms with Crippen molar-refractivity contribution in [2.24, 2.45) is 5.92 Å². The van der Waals surface area contributed by atoms with Gasteiger partial charge in [-0.15, -0.1) is 12.6 Å². The van der Waals surface area contributed by atoms with Gasteiger partial charge >= 0.3 is 0 Å². The predicted octanol–water partition coefficient (Wildman–Crippen LogP) is 5.09. The van der Waals surface area contributed by atoms with Crippen LogP contribution in [0, 0.1) is 17.6 Å². The number of nitrogens with one attached hydrogen (secondary N) is 2. The van der Waals surface area contributed by atoms with Crippen molar-refractivity contribution in [3.8, 4) is 0 Å². The fourth-order valence-electron chi connectivity index (χ4n) is 3.84. The fraction of sp³-hybridized carbons (Fsp3) is 0.154. The van der Waals surface area contributed by atoms with E-state index in [9.17, 15) is 18.4 Å². The minimum Gasteiger partial charge on any atom is -0.361 e. The molecule has 1 aromatic heterocycles. The maximum absolute atomic E-state index is 13.2. The quantitative estimate of drug-likeness (QED) is 0.282. The van der Waals surface area contributed by atoms with Crippen molar-refractivity contribution >= 4 is 41.0 Å². The summed E-state index contributed by atoms with van der Waals surface area (Å²) in [7, 11) is 0. The van der Waals surface area contributed by atoms with Crippen molar-refractivity contribution in [1.82, 2.24) is 10.3 Å². The van der Waals surface area contributed by atoms with E-state index < -0.39 is 23.5 Å². The van der Waals surface area contributed by atoms with Crippen LogP contribution in [0.3, 0.4) is 0 Å². The molecule has 0 aliphatic carbocycles. The van der Waals surface area contributed by atoms with Crippen molar-refractivity contribution in [3.05, 3.63) is 96.2 Å². The lowest BCUT2D eigenvalue weighted by Crippen LogP contribution is -2.36. The Labute approximate surface area is 201 Å². The highest BCUT2D eigenvalue weighted by atomic mass is 32.1. The smallest absolute Gasteiger partial charge is 0.239 e. The van der Waals surface area contributed by atoms with Crippen LogP contribution in [0.15, 0.2) is 83.9 Å². The standard InChI is InChI=1S/C20H17F2N3O2.C6H6S/c21-14-7-12(8-15(22)10-14)11-24-19(26)17-4-6-25(20(17)27)16-1-2-18-13(9-16)3-5-23-18;7-6-4-2-1-3-5-6/h1-3,5,7-10,17,23H,4,6,11H2,(H,24,26);1-5,7H. The van der Waals surface area contributed by atoms with Gasteiger partial charge in [-0.1, -0.05) is 18.2 Å². The molecule has 1 aliphatic rings. The van der Waals surface area contributed by atoms with Gasteiger partial charge in [0, 0.05) is 46.8 Å². The number of aromatic nitrogens is 1. The summed E-state index contributed by atoms with van der Waals surface area (Å²) in [4.78, 5) is 30.8. The van der Waals surface area contributed by atoms with Crippen LogP contribution in [0.4, 0.5) is 14.5 Å². The molecule has 0 radical (unpaired) electrons. The first-order valence-corrected chi connectivity index (χ1v) is 11.2. The predicted molar refractivity (Wildman–Crippen MR) is 131 cm³/mol. The zero-order valence-electron chi connectivity index (χ0n) is 18.2. The number of thiol groups is 1. The molecule has 1 atom stereocenters. The summed E-state index contributed by atoms with van der Waals surface area (Å²) in [5.74, 6) is -2.92. The van der Waals surface area contributed by atoms with E-state index in [-0.39, 0.29) is 12.5 Å². The number of H-pyrrole nitrogens is 1. The van der Waals surface area contributed by atoms with Gasteiger partial charge in [0.2, 0.25) is 11.8 Å². The molecule has 1 fully saturated rings. The van der Waals surface area contributed by atoms with E-state index in [4.69, 9.17) is 0 Å². The van der Waals surface area contributed by atoms with Crippen molar-refractivity contribution in [2.45, 2.75) is 17.9 Å². The first kappa shape index (κ1) is 23.5. The number of carbonyl (C=O) groups excluding carboxylic acids is 2. The summed E-state index contributed by atoms with van der Waals surface area (Å²) in [6.45, 7) is 0.411. The Kier molecular flexibility index (Phi) is 7.27. The normalized spacial score (nSPS) is 15.2. The molecular formula is C26H23F2N3O2S. The van der Waals surface area contributed by atoms with E-state index >= 15 is 0 Å². The first-order chi connectivity index (χ1) is 16.4. The maximum atomic E-state index is 13.2. The number of halogens is 2. The Morgan fingerprint density at radius 3 is 2.44 bits per heavy atom. The van der Waals surface area contributed by atoms with Crippen LogP contribution < -0.4 is 10.2 Å². The lowest BCUT2D eigenvalue weighted by Gasteiger charge is -2.17. The Balaban J connectivity index is 0.000000336. The highest BCUT2D eigenvalue weighted by Gasteiger charge is 2.37. The summed E-state index contributed by atoms with van der Waals surface area (Å²) in [5.41, 5.74) is 2.03. The largest absolute Gasteiger partial charge is 0.361 e. The summed E-state index contributed by atoms with van der Waals surface area (Å²) < 4.78 is 26.5. The van der Waals surface area contributed by atoms with E-state index in [0.717, 1.165) is 39.7 Å². The number of fused-ring (bicyclic) bond motifs is 1. The summed E-state index contributed by atoms with van der Waals surface area (Å²) in [5, 5.41) is 3.59. The Bertz CT molecular complexity index is 1290. The molecule has 2 N–H and O–H groups in total. The molecule has 2 amide bonds. The summed E-state index contributed by atoms with van der Waals surface area (Å²) in [6, 6.07) is 20.4. The van der Waals surface area contributed by atoms with Crippen molar-refractivity contribution in [1.29, 1.82) is 0 Å². The fourth-order valence-corrected chi connectivity index (χ4v) is 4.01. The second-order valence-electron chi connectivity index (χ2n) is 7.91. The van der Waals surface area contributed by atoms with Crippen LogP contribution in [-0.4, -0.2) is 23.3 Å².